The highest BCUT2D eigenvalue weighted by Gasteiger charge is 2.15. The Morgan fingerprint density at radius 3 is 3.00 bits per heavy atom. The van der Waals surface area contributed by atoms with Crippen molar-refractivity contribution in [2.45, 2.75) is 0 Å². The van der Waals surface area contributed by atoms with E-state index in [4.69, 9.17) is 0 Å². The predicted octanol–water partition coefficient (Wildman–Crippen LogP) is 0.159. The van der Waals surface area contributed by atoms with Gasteiger partial charge < -0.3 is 0 Å². The number of nitro groups is 1. The van der Waals surface area contributed by atoms with Crippen LogP contribution in [0.2, 0.25) is 0 Å². The summed E-state index contributed by atoms with van der Waals surface area (Å²) in [5, 5.41) is 9.92. The van der Waals surface area contributed by atoms with Crippen LogP contribution in [-0.4, -0.2) is 11.5 Å². The van der Waals surface area contributed by atoms with E-state index < -0.39 is 4.92 Å². The zero-order valence-corrected chi connectivity index (χ0v) is 4.70. The first-order chi connectivity index (χ1) is 3.80. The van der Waals surface area contributed by atoms with Crippen molar-refractivity contribution in [1.82, 2.24) is 4.72 Å². The van der Waals surface area contributed by atoms with Crippen molar-refractivity contribution in [2.75, 3.05) is 6.54 Å². The molecule has 1 rings (SSSR count). The van der Waals surface area contributed by atoms with Crippen molar-refractivity contribution in [3.8, 4) is 0 Å². The van der Waals surface area contributed by atoms with E-state index in [1.807, 2.05) is 0 Å². The van der Waals surface area contributed by atoms with Crippen LogP contribution in [0.3, 0.4) is 0 Å². The maximum absolute atomic E-state index is 9.85. The SMILES string of the molecule is O=[N+]([O-])C1=[C]CNS1. The second kappa shape index (κ2) is 2.15. The lowest BCUT2D eigenvalue weighted by Crippen LogP contribution is -1.95. The smallest absolute Gasteiger partial charge is 0.258 e. The van der Waals surface area contributed by atoms with Crippen molar-refractivity contribution >= 4 is 11.9 Å². The van der Waals surface area contributed by atoms with Gasteiger partial charge in [-0.15, -0.1) is 0 Å². The summed E-state index contributed by atoms with van der Waals surface area (Å²) in [5.41, 5.74) is 0. The standard InChI is InChI=1S/C3H3N2O2S/c6-5(7)3-1-2-4-8-3/h4H,2H2. The Bertz CT molecular complexity index is 144. The summed E-state index contributed by atoms with van der Waals surface area (Å²) in [6.45, 7) is 0.473. The minimum absolute atomic E-state index is 0.0741. The van der Waals surface area contributed by atoms with Gasteiger partial charge in [0.1, 0.15) is 0 Å². The van der Waals surface area contributed by atoms with Crippen LogP contribution in [0.5, 0.6) is 0 Å². The van der Waals surface area contributed by atoms with Crippen molar-refractivity contribution in [1.29, 1.82) is 0 Å². The third-order valence-corrected chi connectivity index (χ3v) is 1.42. The van der Waals surface area contributed by atoms with Crippen LogP contribution >= 0.6 is 11.9 Å². The number of hydrogen-bond donors (Lipinski definition) is 1. The van der Waals surface area contributed by atoms with Crippen LogP contribution in [0.25, 0.3) is 0 Å². The van der Waals surface area contributed by atoms with E-state index in [0.29, 0.717) is 6.54 Å². The molecule has 0 aromatic carbocycles. The first kappa shape index (κ1) is 5.58. The Morgan fingerprint density at radius 1 is 2.00 bits per heavy atom. The zero-order chi connectivity index (χ0) is 5.98. The van der Waals surface area contributed by atoms with Crippen LogP contribution < -0.4 is 4.72 Å². The van der Waals surface area contributed by atoms with Gasteiger partial charge in [-0.3, -0.25) is 14.8 Å². The number of rotatable bonds is 1. The van der Waals surface area contributed by atoms with E-state index in [1.54, 1.807) is 0 Å². The van der Waals surface area contributed by atoms with E-state index in [2.05, 4.69) is 10.8 Å². The molecule has 0 fully saturated rings. The average molecular weight is 131 g/mol. The van der Waals surface area contributed by atoms with E-state index in [0.717, 1.165) is 11.9 Å². The summed E-state index contributed by atoms with van der Waals surface area (Å²) in [5.74, 6) is 0. The molecule has 5 heteroatoms. The van der Waals surface area contributed by atoms with E-state index in [-0.39, 0.29) is 5.03 Å². The van der Waals surface area contributed by atoms with Gasteiger partial charge >= 0.3 is 5.03 Å². The topological polar surface area (TPSA) is 55.2 Å². The fourth-order valence-corrected chi connectivity index (χ4v) is 0.854. The molecule has 0 bridgehead atoms. The molecule has 0 saturated heterocycles. The molecule has 1 heterocycles. The monoisotopic (exact) mass is 131 g/mol. The highest BCUT2D eigenvalue weighted by molar-refractivity contribution is 8.01. The molecule has 0 saturated carbocycles. The van der Waals surface area contributed by atoms with Crippen molar-refractivity contribution < 1.29 is 4.92 Å². The average Bonchev–Trinajstić information content (AvgIpc) is 2.12. The maximum atomic E-state index is 9.85. The molecule has 1 N–H and O–H groups in total. The van der Waals surface area contributed by atoms with E-state index >= 15 is 0 Å². The normalized spacial score (nSPS) is 18.2. The first-order valence-corrected chi connectivity index (χ1v) is 2.77. The van der Waals surface area contributed by atoms with E-state index in [9.17, 15) is 10.1 Å². The van der Waals surface area contributed by atoms with Gasteiger partial charge in [-0.2, -0.15) is 0 Å². The molecule has 1 aliphatic heterocycles. The van der Waals surface area contributed by atoms with Crippen LogP contribution in [0.4, 0.5) is 0 Å². The minimum Gasteiger partial charge on any atom is -0.258 e. The van der Waals surface area contributed by atoms with Crippen molar-refractivity contribution in [2.24, 2.45) is 0 Å². The number of hydrogen-bond acceptors (Lipinski definition) is 4. The first-order valence-electron chi connectivity index (χ1n) is 1.95. The molecule has 1 radical (unpaired) electrons. The van der Waals surface area contributed by atoms with Gasteiger partial charge in [-0.1, -0.05) is 0 Å². The fraction of sp³-hybridized carbons (Fsp3) is 0.333. The Kier molecular flexibility index (Phi) is 1.50. The molecule has 0 amide bonds. The van der Waals surface area contributed by atoms with E-state index in [1.165, 1.54) is 0 Å². The zero-order valence-electron chi connectivity index (χ0n) is 3.88. The van der Waals surface area contributed by atoms with Gasteiger partial charge in [0.25, 0.3) is 0 Å². The van der Waals surface area contributed by atoms with Gasteiger partial charge in [-0.25, -0.2) is 0 Å². The molecule has 8 heavy (non-hydrogen) atoms. The van der Waals surface area contributed by atoms with Crippen molar-refractivity contribution in [3.63, 3.8) is 0 Å². The van der Waals surface area contributed by atoms with Gasteiger partial charge in [0.15, 0.2) is 0 Å². The Hall–Kier alpha value is -0.550. The highest BCUT2D eigenvalue weighted by Crippen LogP contribution is 2.14. The highest BCUT2D eigenvalue weighted by atomic mass is 32.2. The van der Waals surface area contributed by atoms with Gasteiger partial charge in [0.05, 0.1) is 11.0 Å². The van der Waals surface area contributed by atoms with Crippen LogP contribution in [0, 0.1) is 16.2 Å². The maximum Gasteiger partial charge on any atom is 0.323 e. The van der Waals surface area contributed by atoms with Crippen LogP contribution in [0.15, 0.2) is 5.03 Å². The molecule has 0 aromatic heterocycles. The molecule has 4 nitrogen and oxygen atoms in total. The molecule has 0 atom stereocenters. The lowest BCUT2D eigenvalue weighted by atomic mass is 10.6. The molecule has 0 unspecified atom stereocenters. The second-order valence-electron chi connectivity index (χ2n) is 1.16. The quantitative estimate of drug-likeness (QED) is 0.313. The summed E-state index contributed by atoms with van der Waals surface area (Å²) in [6, 6.07) is 0. The number of nitrogens with one attached hydrogen (secondary N) is 1. The Balaban J connectivity index is 2.57. The molecule has 1 aliphatic rings. The molecular formula is C3H3N2O2S. The molecule has 0 spiro atoms. The third kappa shape index (κ3) is 0.988. The molecule has 0 aromatic rings. The second-order valence-corrected chi connectivity index (χ2v) is 2.04. The third-order valence-electron chi connectivity index (χ3n) is 0.646. The lowest BCUT2D eigenvalue weighted by molar-refractivity contribution is -0.410. The predicted molar refractivity (Wildman–Crippen MR) is 29.3 cm³/mol. The van der Waals surface area contributed by atoms with Crippen molar-refractivity contribution in [3.05, 3.63) is 21.2 Å². The Morgan fingerprint density at radius 2 is 2.75 bits per heavy atom. The summed E-state index contributed by atoms with van der Waals surface area (Å²) in [4.78, 5) is 9.39. The largest absolute Gasteiger partial charge is 0.323 e. The molecule has 43 valence electrons. The number of nitrogens with zero attached hydrogens (tertiary/aromatic N) is 1. The fourth-order valence-electron chi connectivity index (χ4n) is 0.354. The lowest BCUT2D eigenvalue weighted by Gasteiger charge is -1.84. The van der Waals surface area contributed by atoms with Gasteiger partial charge in [0, 0.05) is 18.5 Å². The van der Waals surface area contributed by atoms with Gasteiger partial charge in [0.2, 0.25) is 0 Å². The van der Waals surface area contributed by atoms with Crippen LogP contribution in [-0.2, 0) is 0 Å². The summed E-state index contributed by atoms with van der Waals surface area (Å²) < 4.78 is 2.68. The molecular weight excluding hydrogens is 128 g/mol. The molecule has 0 aliphatic carbocycles. The summed E-state index contributed by atoms with van der Waals surface area (Å²) in [6.07, 6.45) is 2.53. The van der Waals surface area contributed by atoms with Crippen LogP contribution in [0.1, 0.15) is 0 Å². The summed E-state index contributed by atoms with van der Waals surface area (Å²) >= 11 is 1.01. The summed E-state index contributed by atoms with van der Waals surface area (Å²) in [7, 11) is 0. The minimum atomic E-state index is -0.454. The Labute approximate surface area is 50.2 Å². The van der Waals surface area contributed by atoms with Gasteiger partial charge in [-0.05, 0) is 0 Å².